The Kier molecular flexibility index (Phi) is 6.46. The summed E-state index contributed by atoms with van der Waals surface area (Å²) in [6.45, 7) is 3.25. The van der Waals surface area contributed by atoms with Crippen LogP contribution in [-0.2, 0) is 10.0 Å². The summed E-state index contributed by atoms with van der Waals surface area (Å²) in [5.41, 5.74) is 1.66. The summed E-state index contributed by atoms with van der Waals surface area (Å²) >= 11 is 6.05. The number of rotatable bonds is 4. The van der Waals surface area contributed by atoms with E-state index in [0.29, 0.717) is 22.0 Å². The number of benzene rings is 2. The van der Waals surface area contributed by atoms with Crippen LogP contribution >= 0.6 is 11.6 Å². The second-order valence-corrected chi connectivity index (χ2v) is 8.96. The Hall–Kier alpha value is -2.25. The molecule has 1 aliphatic heterocycles. The van der Waals surface area contributed by atoms with Crippen LogP contribution in [-0.4, -0.2) is 32.4 Å². The van der Waals surface area contributed by atoms with Crippen molar-refractivity contribution in [1.82, 2.24) is 4.90 Å². The van der Waals surface area contributed by atoms with Crippen molar-refractivity contribution in [3.8, 4) is 0 Å². The van der Waals surface area contributed by atoms with Gasteiger partial charge in [0.05, 0.1) is 10.6 Å². The van der Waals surface area contributed by atoms with Gasteiger partial charge in [-0.2, -0.15) is 0 Å². The third kappa shape index (κ3) is 4.97. The molecule has 1 aliphatic rings. The van der Waals surface area contributed by atoms with E-state index in [1.165, 1.54) is 12.1 Å². The minimum Gasteiger partial charge on any atom is -0.325 e. The average Bonchev–Trinajstić information content (AvgIpc) is 2.95. The summed E-state index contributed by atoms with van der Waals surface area (Å²) in [5.74, 6) is 0. The Morgan fingerprint density at radius 3 is 2.29 bits per heavy atom. The van der Waals surface area contributed by atoms with Crippen LogP contribution in [0.3, 0.4) is 0 Å². The zero-order chi connectivity index (χ0) is 20.1. The lowest BCUT2D eigenvalue weighted by molar-refractivity contribution is 0.214. The van der Waals surface area contributed by atoms with E-state index in [2.05, 4.69) is 10.0 Å². The van der Waals surface area contributed by atoms with Gasteiger partial charge in [0.25, 0.3) is 10.0 Å². The molecule has 0 aliphatic carbocycles. The number of amides is 2. The summed E-state index contributed by atoms with van der Waals surface area (Å²) in [6.07, 6.45) is 4.32. The van der Waals surface area contributed by atoms with E-state index in [0.717, 1.165) is 38.8 Å². The van der Waals surface area contributed by atoms with Crippen LogP contribution < -0.4 is 10.0 Å². The number of nitrogens with zero attached hydrogens (tertiary/aromatic N) is 1. The fraction of sp³-hybridized carbons (Fsp3) is 0.350. The Balaban J connectivity index is 1.69. The highest BCUT2D eigenvalue weighted by Gasteiger charge is 2.18. The lowest BCUT2D eigenvalue weighted by Crippen LogP contribution is -2.35. The third-order valence-electron chi connectivity index (χ3n) is 4.82. The SMILES string of the molecule is Cc1c(Cl)cccc1NS(=O)(=O)c1ccc(NC(=O)N2CCCCCC2)cc1. The molecule has 8 heteroatoms. The van der Waals surface area contributed by atoms with Gasteiger partial charge in [-0.05, 0) is 61.7 Å². The van der Waals surface area contributed by atoms with Crippen LogP contribution in [0.4, 0.5) is 16.2 Å². The van der Waals surface area contributed by atoms with Crippen molar-refractivity contribution in [2.45, 2.75) is 37.5 Å². The van der Waals surface area contributed by atoms with Gasteiger partial charge in [-0.25, -0.2) is 13.2 Å². The van der Waals surface area contributed by atoms with E-state index in [1.807, 2.05) is 0 Å². The molecule has 0 spiro atoms. The van der Waals surface area contributed by atoms with Crippen LogP contribution in [0.5, 0.6) is 0 Å². The van der Waals surface area contributed by atoms with E-state index in [4.69, 9.17) is 11.6 Å². The molecule has 2 aromatic rings. The number of hydrogen-bond acceptors (Lipinski definition) is 3. The molecule has 1 heterocycles. The molecule has 0 saturated carbocycles. The second kappa shape index (κ2) is 8.84. The highest BCUT2D eigenvalue weighted by molar-refractivity contribution is 7.92. The first-order valence-corrected chi connectivity index (χ1v) is 11.2. The minimum absolute atomic E-state index is 0.111. The van der Waals surface area contributed by atoms with Gasteiger partial charge in [-0.1, -0.05) is 30.5 Å². The standard InChI is InChI=1S/C20H24ClN3O3S/c1-15-18(21)7-6-8-19(15)23-28(26,27)17-11-9-16(10-12-17)22-20(25)24-13-4-2-3-5-14-24/h6-12,23H,2-5,13-14H2,1H3,(H,22,25). The van der Waals surface area contributed by atoms with Gasteiger partial charge in [-0.3, -0.25) is 4.72 Å². The van der Waals surface area contributed by atoms with Gasteiger partial charge in [0.1, 0.15) is 0 Å². The van der Waals surface area contributed by atoms with Crippen LogP contribution in [0.2, 0.25) is 5.02 Å². The maximum absolute atomic E-state index is 12.6. The molecule has 0 aromatic heterocycles. The van der Waals surface area contributed by atoms with Gasteiger partial charge in [0.2, 0.25) is 0 Å². The third-order valence-corrected chi connectivity index (χ3v) is 6.61. The van der Waals surface area contributed by atoms with Crippen molar-refractivity contribution >= 4 is 39.0 Å². The first-order valence-electron chi connectivity index (χ1n) is 9.31. The normalized spacial score (nSPS) is 15.0. The number of urea groups is 1. The van der Waals surface area contributed by atoms with Crippen molar-refractivity contribution < 1.29 is 13.2 Å². The zero-order valence-electron chi connectivity index (χ0n) is 15.7. The monoisotopic (exact) mass is 421 g/mol. The van der Waals surface area contributed by atoms with Crippen molar-refractivity contribution in [2.24, 2.45) is 0 Å². The van der Waals surface area contributed by atoms with E-state index in [9.17, 15) is 13.2 Å². The summed E-state index contributed by atoms with van der Waals surface area (Å²) in [4.78, 5) is 14.3. The Bertz CT molecular complexity index is 938. The van der Waals surface area contributed by atoms with Crippen LogP contribution in [0, 0.1) is 6.92 Å². The number of nitrogens with one attached hydrogen (secondary N) is 2. The first kappa shape index (κ1) is 20.5. The molecule has 1 saturated heterocycles. The Morgan fingerprint density at radius 2 is 1.64 bits per heavy atom. The predicted octanol–water partition coefficient (Wildman–Crippen LogP) is 4.86. The summed E-state index contributed by atoms with van der Waals surface area (Å²) in [6, 6.07) is 11.0. The molecular weight excluding hydrogens is 398 g/mol. The van der Waals surface area contributed by atoms with Crippen molar-refractivity contribution in [2.75, 3.05) is 23.1 Å². The molecule has 1 fully saturated rings. The molecular formula is C20H24ClN3O3S. The molecule has 0 atom stereocenters. The minimum atomic E-state index is -3.75. The van der Waals surface area contributed by atoms with Crippen molar-refractivity contribution in [1.29, 1.82) is 0 Å². The maximum Gasteiger partial charge on any atom is 0.321 e. The second-order valence-electron chi connectivity index (χ2n) is 6.87. The predicted molar refractivity (Wildman–Crippen MR) is 112 cm³/mol. The highest BCUT2D eigenvalue weighted by Crippen LogP contribution is 2.26. The fourth-order valence-corrected chi connectivity index (χ4v) is 4.41. The topological polar surface area (TPSA) is 78.5 Å². The van der Waals surface area contributed by atoms with Gasteiger partial charge < -0.3 is 10.2 Å². The molecule has 3 rings (SSSR count). The van der Waals surface area contributed by atoms with E-state index in [1.54, 1.807) is 42.2 Å². The summed E-state index contributed by atoms with van der Waals surface area (Å²) in [7, 11) is -3.75. The van der Waals surface area contributed by atoms with Crippen LogP contribution in [0.1, 0.15) is 31.2 Å². The van der Waals surface area contributed by atoms with E-state index in [-0.39, 0.29) is 10.9 Å². The van der Waals surface area contributed by atoms with Gasteiger partial charge in [0, 0.05) is 23.8 Å². The smallest absolute Gasteiger partial charge is 0.321 e. The summed E-state index contributed by atoms with van der Waals surface area (Å²) in [5, 5.41) is 3.33. The lowest BCUT2D eigenvalue weighted by atomic mass is 10.2. The van der Waals surface area contributed by atoms with Crippen LogP contribution in [0.15, 0.2) is 47.4 Å². The fourth-order valence-electron chi connectivity index (χ4n) is 3.12. The Morgan fingerprint density at radius 1 is 1.00 bits per heavy atom. The number of likely N-dealkylation sites (tertiary alicyclic amines) is 1. The molecule has 2 aromatic carbocycles. The molecule has 6 nitrogen and oxygen atoms in total. The maximum atomic E-state index is 12.6. The number of halogens is 1. The molecule has 0 bridgehead atoms. The number of carbonyl (C=O) groups is 1. The summed E-state index contributed by atoms with van der Waals surface area (Å²) < 4.78 is 27.8. The van der Waals surface area contributed by atoms with Gasteiger partial charge in [0.15, 0.2) is 0 Å². The molecule has 28 heavy (non-hydrogen) atoms. The zero-order valence-corrected chi connectivity index (χ0v) is 17.3. The number of hydrogen-bond donors (Lipinski definition) is 2. The quantitative estimate of drug-likeness (QED) is 0.740. The number of sulfonamides is 1. The number of carbonyl (C=O) groups excluding carboxylic acids is 1. The van der Waals surface area contributed by atoms with E-state index >= 15 is 0 Å². The molecule has 150 valence electrons. The molecule has 2 N–H and O–H groups in total. The number of anilines is 2. The van der Waals surface area contributed by atoms with Crippen molar-refractivity contribution in [3.63, 3.8) is 0 Å². The largest absolute Gasteiger partial charge is 0.325 e. The molecule has 0 unspecified atom stereocenters. The lowest BCUT2D eigenvalue weighted by Gasteiger charge is -2.20. The molecule has 0 radical (unpaired) electrons. The molecule has 2 amide bonds. The van der Waals surface area contributed by atoms with Crippen molar-refractivity contribution in [3.05, 3.63) is 53.1 Å². The van der Waals surface area contributed by atoms with Crippen LogP contribution in [0.25, 0.3) is 0 Å². The highest BCUT2D eigenvalue weighted by atomic mass is 35.5. The van der Waals surface area contributed by atoms with E-state index < -0.39 is 10.0 Å². The average molecular weight is 422 g/mol. The Labute approximate surface area is 170 Å². The van der Waals surface area contributed by atoms with Gasteiger partial charge >= 0.3 is 6.03 Å². The van der Waals surface area contributed by atoms with Gasteiger partial charge in [-0.15, -0.1) is 0 Å². The first-order chi connectivity index (χ1) is 13.4.